The number of hydrogen-bond donors (Lipinski definition) is 0. The lowest BCUT2D eigenvalue weighted by Gasteiger charge is -2.13. The van der Waals surface area contributed by atoms with E-state index in [0.717, 1.165) is 24.0 Å². The molecule has 0 aliphatic heterocycles. The molecule has 1 aromatic heterocycles. The van der Waals surface area contributed by atoms with E-state index in [2.05, 4.69) is 16.8 Å². The summed E-state index contributed by atoms with van der Waals surface area (Å²) in [5.74, 6) is 5.76. The van der Waals surface area contributed by atoms with Gasteiger partial charge in [-0.05, 0) is 55.3 Å². The molecule has 2 aromatic carbocycles. The second kappa shape index (κ2) is 6.52. The van der Waals surface area contributed by atoms with Crippen LogP contribution in [0.4, 0.5) is 4.39 Å². The van der Waals surface area contributed by atoms with Gasteiger partial charge in [0, 0.05) is 17.2 Å². The Labute approximate surface area is 145 Å². The van der Waals surface area contributed by atoms with E-state index in [9.17, 15) is 9.18 Å². The SMILES string of the molecule is O=c1c2ccc(C#Cc3ccc(F)cc3)cc2ncn1C1CCCC1. The highest BCUT2D eigenvalue weighted by atomic mass is 19.1. The Morgan fingerprint density at radius 2 is 1.68 bits per heavy atom. The van der Waals surface area contributed by atoms with E-state index in [1.165, 1.54) is 25.0 Å². The van der Waals surface area contributed by atoms with Crippen molar-refractivity contribution in [2.24, 2.45) is 0 Å². The van der Waals surface area contributed by atoms with E-state index in [1.54, 1.807) is 29.1 Å². The average Bonchev–Trinajstić information content (AvgIpc) is 3.16. The number of aromatic nitrogens is 2. The molecule has 124 valence electrons. The lowest BCUT2D eigenvalue weighted by molar-refractivity contribution is 0.499. The molecule has 0 radical (unpaired) electrons. The predicted molar refractivity (Wildman–Crippen MR) is 95.9 cm³/mol. The fourth-order valence-electron chi connectivity index (χ4n) is 3.33. The van der Waals surface area contributed by atoms with Crippen LogP contribution >= 0.6 is 0 Å². The standard InChI is InChI=1S/C21H17FN2O/c22-17-10-7-15(8-11-17)5-6-16-9-12-19-20(13-16)23-14-24(21(19)25)18-3-1-2-4-18/h7-14,18H,1-4H2. The molecule has 3 aromatic rings. The summed E-state index contributed by atoms with van der Waals surface area (Å²) in [6, 6.07) is 11.8. The Morgan fingerprint density at radius 3 is 2.44 bits per heavy atom. The van der Waals surface area contributed by atoms with Gasteiger partial charge >= 0.3 is 0 Å². The third-order valence-electron chi connectivity index (χ3n) is 4.70. The van der Waals surface area contributed by atoms with E-state index in [0.29, 0.717) is 10.9 Å². The van der Waals surface area contributed by atoms with Gasteiger partial charge in [-0.25, -0.2) is 9.37 Å². The lowest BCUT2D eigenvalue weighted by Crippen LogP contribution is -2.23. The van der Waals surface area contributed by atoms with Crippen LogP contribution in [0.2, 0.25) is 0 Å². The number of fused-ring (bicyclic) bond motifs is 1. The topological polar surface area (TPSA) is 34.9 Å². The first kappa shape index (κ1) is 15.6. The van der Waals surface area contributed by atoms with Crippen molar-refractivity contribution >= 4 is 10.9 Å². The van der Waals surface area contributed by atoms with Crippen molar-refractivity contribution in [3.05, 3.63) is 76.1 Å². The van der Waals surface area contributed by atoms with Gasteiger partial charge in [-0.2, -0.15) is 0 Å². The summed E-state index contributed by atoms with van der Waals surface area (Å²) in [6.45, 7) is 0. The van der Waals surface area contributed by atoms with Crippen LogP contribution in [0.25, 0.3) is 10.9 Å². The third kappa shape index (κ3) is 3.18. The van der Waals surface area contributed by atoms with Crippen molar-refractivity contribution < 1.29 is 4.39 Å². The summed E-state index contributed by atoms with van der Waals surface area (Å²) in [7, 11) is 0. The molecule has 3 nitrogen and oxygen atoms in total. The molecule has 0 spiro atoms. The summed E-state index contributed by atoms with van der Waals surface area (Å²) in [5, 5.41) is 0.627. The molecule has 1 aliphatic carbocycles. The predicted octanol–water partition coefficient (Wildman–Crippen LogP) is 4.05. The molecule has 4 rings (SSSR count). The Balaban J connectivity index is 1.68. The Bertz CT molecular complexity index is 1040. The third-order valence-corrected chi connectivity index (χ3v) is 4.70. The fourth-order valence-corrected chi connectivity index (χ4v) is 3.33. The minimum Gasteiger partial charge on any atom is -0.296 e. The first-order valence-electron chi connectivity index (χ1n) is 8.49. The zero-order valence-electron chi connectivity index (χ0n) is 13.7. The van der Waals surface area contributed by atoms with Gasteiger partial charge in [0.05, 0.1) is 17.2 Å². The van der Waals surface area contributed by atoms with Crippen molar-refractivity contribution in [2.45, 2.75) is 31.7 Å². The molecule has 0 N–H and O–H groups in total. The lowest BCUT2D eigenvalue weighted by atomic mass is 10.1. The highest BCUT2D eigenvalue weighted by Crippen LogP contribution is 2.28. The molecule has 1 fully saturated rings. The highest BCUT2D eigenvalue weighted by molar-refractivity contribution is 5.79. The van der Waals surface area contributed by atoms with Gasteiger partial charge in [-0.3, -0.25) is 9.36 Å². The summed E-state index contributed by atoms with van der Waals surface area (Å²) >= 11 is 0. The second-order valence-electron chi connectivity index (χ2n) is 6.38. The molecule has 1 aliphatic rings. The first-order valence-corrected chi connectivity index (χ1v) is 8.49. The van der Waals surface area contributed by atoms with Gasteiger partial charge in [0.15, 0.2) is 0 Å². The molecule has 0 atom stereocenters. The maximum atomic E-state index is 12.9. The van der Waals surface area contributed by atoms with Crippen molar-refractivity contribution in [3.63, 3.8) is 0 Å². The maximum Gasteiger partial charge on any atom is 0.261 e. The van der Waals surface area contributed by atoms with Crippen LogP contribution in [-0.4, -0.2) is 9.55 Å². The van der Waals surface area contributed by atoms with Gasteiger partial charge in [0.25, 0.3) is 5.56 Å². The smallest absolute Gasteiger partial charge is 0.261 e. The zero-order valence-corrected chi connectivity index (χ0v) is 13.7. The van der Waals surface area contributed by atoms with Crippen molar-refractivity contribution in [1.82, 2.24) is 9.55 Å². The Kier molecular flexibility index (Phi) is 4.07. The van der Waals surface area contributed by atoms with Crippen LogP contribution in [0.3, 0.4) is 0 Å². The fraction of sp³-hybridized carbons (Fsp3) is 0.238. The Hall–Kier alpha value is -2.93. The molecular formula is C21H17FN2O. The van der Waals surface area contributed by atoms with Crippen LogP contribution in [0, 0.1) is 17.7 Å². The summed E-state index contributed by atoms with van der Waals surface area (Å²) < 4.78 is 14.7. The summed E-state index contributed by atoms with van der Waals surface area (Å²) in [6.07, 6.45) is 6.11. The molecular weight excluding hydrogens is 315 g/mol. The maximum absolute atomic E-state index is 12.9. The Morgan fingerprint density at radius 1 is 1.00 bits per heavy atom. The van der Waals surface area contributed by atoms with E-state index in [4.69, 9.17) is 0 Å². The first-order chi connectivity index (χ1) is 12.2. The normalized spacial score (nSPS) is 14.4. The number of hydrogen-bond acceptors (Lipinski definition) is 2. The van der Waals surface area contributed by atoms with Crippen LogP contribution < -0.4 is 5.56 Å². The molecule has 0 saturated heterocycles. The molecule has 0 unspecified atom stereocenters. The van der Waals surface area contributed by atoms with Crippen LogP contribution in [0.1, 0.15) is 42.9 Å². The van der Waals surface area contributed by atoms with Gasteiger partial charge < -0.3 is 0 Å². The summed E-state index contributed by atoms with van der Waals surface area (Å²) in [5.41, 5.74) is 2.20. The van der Waals surface area contributed by atoms with E-state index < -0.39 is 0 Å². The number of rotatable bonds is 1. The van der Waals surface area contributed by atoms with Crippen molar-refractivity contribution in [3.8, 4) is 11.8 Å². The van der Waals surface area contributed by atoms with Gasteiger partial charge in [0.1, 0.15) is 5.82 Å². The van der Waals surface area contributed by atoms with Gasteiger partial charge in [0.2, 0.25) is 0 Å². The minimum atomic E-state index is -0.279. The quantitative estimate of drug-likeness (QED) is 0.630. The van der Waals surface area contributed by atoms with Crippen LogP contribution in [0.5, 0.6) is 0 Å². The van der Waals surface area contributed by atoms with Gasteiger partial charge in [-0.15, -0.1) is 0 Å². The largest absolute Gasteiger partial charge is 0.296 e. The molecule has 0 amide bonds. The van der Waals surface area contributed by atoms with E-state index in [-0.39, 0.29) is 17.4 Å². The van der Waals surface area contributed by atoms with E-state index in [1.807, 2.05) is 12.1 Å². The highest BCUT2D eigenvalue weighted by Gasteiger charge is 2.18. The van der Waals surface area contributed by atoms with Gasteiger partial charge in [-0.1, -0.05) is 24.7 Å². The molecule has 0 bridgehead atoms. The second-order valence-corrected chi connectivity index (χ2v) is 6.38. The van der Waals surface area contributed by atoms with E-state index >= 15 is 0 Å². The monoisotopic (exact) mass is 332 g/mol. The molecule has 25 heavy (non-hydrogen) atoms. The number of benzene rings is 2. The number of halogens is 1. The average molecular weight is 332 g/mol. The minimum absolute atomic E-state index is 0.0231. The van der Waals surface area contributed by atoms with Crippen molar-refractivity contribution in [1.29, 1.82) is 0 Å². The number of nitrogens with zero attached hydrogens (tertiary/aromatic N) is 2. The molecule has 1 heterocycles. The molecule has 1 saturated carbocycles. The zero-order chi connectivity index (χ0) is 17.2. The van der Waals surface area contributed by atoms with Crippen LogP contribution in [0.15, 0.2) is 53.6 Å². The molecule has 4 heteroatoms. The van der Waals surface area contributed by atoms with Crippen molar-refractivity contribution in [2.75, 3.05) is 0 Å². The van der Waals surface area contributed by atoms with Crippen LogP contribution in [-0.2, 0) is 0 Å². The summed E-state index contributed by atoms with van der Waals surface area (Å²) in [4.78, 5) is 17.1.